The number of hydrogen-bond donors (Lipinski definition) is 0. The molecule has 0 amide bonds. The number of hydrogen-bond acceptors (Lipinski definition) is 2. The summed E-state index contributed by atoms with van der Waals surface area (Å²) in [5.41, 5.74) is 1.22. The fourth-order valence-corrected chi connectivity index (χ4v) is 3.14. The molecule has 2 nitrogen and oxygen atoms in total. The lowest BCUT2D eigenvalue weighted by Gasteiger charge is -2.34. The van der Waals surface area contributed by atoms with Crippen LogP contribution in [0.2, 0.25) is 0 Å². The second-order valence-electron chi connectivity index (χ2n) is 7.85. The molecule has 20 heavy (non-hydrogen) atoms. The van der Waals surface area contributed by atoms with Crippen molar-refractivity contribution in [1.29, 1.82) is 0 Å². The molecule has 0 spiro atoms. The van der Waals surface area contributed by atoms with E-state index in [1.165, 1.54) is 11.9 Å². The molecule has 1 atom stereocenters. The summed E-state index contributed by atoms with van der Waals surface area (Å²) in [4.78, 5) is 0. The van der Waals surface area contributed by atoms with E-state index in [9.17, 15) is 0 Å². The monoisotopic (exact) mass is 280 g/mol. The fourth-order valence-electron chi connectivity index (χ4n) is 3.14. The molecule has 0 aromatic rings. The van der Waals surface area contributed by atoms with Gasteiger partial charge in [0.1, 0.15) is 0 Å². The predicted molar refractivity (Wildman–Crippen MR) is 87.7 cm³/mol. The molecule has 1 fully saturated rings. The maximum absolute atomic E-state index is 6.15. The zero-order chi connectivity index (χ0) is 15.8. The summed E-state index contributed by atoms with van der Waals surface area (Å²) in [6.07, 6.45) is 4.68. The van der Waals surface area contributed by atoms with Gasteiger partial charge in [0.05, 0.1) is 11.2 Å². The lowest BCUT2D eigenvalue weighted by atomic mass is 9.63. The van der Waals surface area contributed by atoms with Gasteiger partial charge in [0.25, 0.3) is 0 Å². The summed E-state index contributed by atoms with van der Waals surface area (Å²) in [6, 6.07) is 0. The average Bonchev–Trinajstić information content (AvgIpc) is 2.48. The van der Waals surface area contributed by atoms with Crippen LogP contribution in [0.4, 0.5) is 0 Å². The largest absolute Gasteiger partial charge is 0.490 e. The minimum absolute atomic E-state index is 0.156. The first-order valence-corrected chi connectivity index (χ1v) is 8.09. The predicted octanol–water partition coefficient (Wildman–Crippen LogP) is 5.03. The Morgan fingerprint density at radius 3 is 1.85 bits per heavy atom. The van der Waals surface area contributed by atoms with Crippen LogP contribution in [0.25, 0.3) is 0 Å². The Morgan fingerprint density at radius 1 is 1.00 bits per heavy atom. The lowest BCUT2D eigenvalue weighted by Crippen LogP contribution is -2.41. The number of rotatable bonds is 1. The molecule has 3 heteroatoms. The molecule has 1 aliphatic carbocycles. The van der Waals surface area contributed by atoms with Crippen molar-refractivity contribution >= 4 is 7.12 Å². The molecule has 1 unspecified atom stereocenters. The molecule has 0 saturated carbocycles. The summed E-state index contributed by atoms with van der Waals surface area (Å²) < 4.78 is 12.3. The minimum Gasteiger partial charge on any atom is -0.400 e. The molecule has 0 radical (unpaired) electrons. The topological polar surface area (TPSA) is 18.5 Å². The van der Waals surface area contributed by atoms with E-state index in [1.807, 2.05) is 13.8 Å². The van der Waals surface area contributed by atoms with Gasteiger partial charge < -0.3 is 9.31 Å². The highest BCUT2D eigenvalue weighted by atomic mass is 16.7. The third-order valence-corrected chi connectivity index (χ3v) is 4.61. The Hall–Kier alpha value is -0.275. The van der Waals surface area contributed by atoms with Gasteiger partial charge in [0.15, 0.2) is 0 Å². The summed E-state index contributed by atoms with van der Waals surface area (Å²) in [5.74, 6) is 0.614. The summed E-state index contributed by atoms with van der Waals surface area (Å²) in [7, 11) is -0.156. The first-order chi connectivity index (χ1) is 9.02. The minimum atomic E-state index is -0.233. The van der Waals surface area contributed by atoms with Gasteiger partial charge in [-0.05, 0) is 57.3 Å². The standard InChI is InChI=1S/C15H27BO2.C2H6/c1-11-8-12(10-13(2,3)9-11)16-17-14(4,5)15(6,7)18-16;1-2/h8,11H,9-10H2,1-7H3;1-2H3. The molecule has 1 saturated heterocycles. The Labute approximate surface area is 126 Å². The Kier molecular flexibility index (Phi) is 5.19. The molecule has 0 N–H and O–H groups in total. The third kappa shape index (κ3) is 3.68. The van der Waals surface area contributed by atoms with E-state index in [1.54, 1.807) is 0 Å². The van der Waals surface area contributed by atoms with E-state index in [0.717, 1.165) is 6.42 Å². The molecule has 1 heterocycles. The SMILES string of the molecule is CC.CC1C=C(B2OC(C)(C)C(C)(C)O2)CC(C)(C)C1. The van der Waals surface area contributed by atoms with Crippen molar-refractivity contribution in [2.75, 3.05) is 0 Å². The quantitative estimate of drug-likeness (QED) is 0.627. The molecule has 0 aromatic carbocycles. The van der Waals surface area contributed by atoms with Gasteiger partial charge in [-0.1, -0.05) is 40.7 Å². The van der Waals surface area contributed by atoms with Gasteiger partial charge in [-0.15, -0.1) is 0 Å². The second kappa shape index (κ2) is 5.85. The maximum atomic E-state index is 6.15. The van der Waals surface area contributed by atoms with Gasteiger partial charge in [-0.25, -0.2) is 0 Å². The van der Waals surface area contributed by atoms with Crippen molar-refractivity contribution in [3.8, 4) is 0 Å². The van der Waals surface area contributed by atoms with Crippen LogP contribution >= 0.6 is 0 Å². The Morgan fingerprint density at radius 2 is 1.45 bits per heavy atom. The van der Waals surface area contributed by atoms with E-state index in [2.05, 4.69) is 54.5 Å². The average molecular weight is 280 g/mol. The molecule has 0 aromatic heterocycles. The van der Waals surface area contributed by atoms with E-state index in [4.69, 9.17) is 9.31 Å². The van der Waals surface area contributed by atoms with E-state index >= 15 is 0 Å². The highest BCUT2D eigenvalue weighted by Gasteiger charge is 2.53. The summed E-state index contributed by atoms with van der Waals surface area (Å²) >= 11 is 0. The Bertz CT molecular complexity index is 353. The van der Waals surface area contributed by atoms with Gasteiger partial charge >= 0.3 is 7.12 Å². The third-order valence-electron chi connectivity index (χ3n) is 4.61. The van der Waals surface area contributed by atoms with Crippen LogP contribution in [-0.4, -0.2) is 18.3 Å². The van der Waals surface area contributed by atoms with Crippen molar-refractivity contribution in [1.82, 2.24) is 0 Å². The first-order valence-electron chi connectivity index (χ1n) is 8.09. The maximum Gasteiger partial charge on any atom is 0.490 e. The fraction of sp³-hybridized carbons (Fsp3) is 0.882. The van der Waals surface area contributed by atoms with Crippen LogP contribution in [0.1, 0.15) is 75.2 Å². The lowest BCUT2D eigenvalue weighted by molar-refractivity contribution is 0.00578. The summed E-state index contributed by atoms with van der Waals surface area (Å²) in [5, 5.41) is 0. The van der Waals surface area contributed by atoms with Gasteiger partial charge in [0.2, 0.25) is 0 Å². The van der Waals surface area contributed by atoms with Gasteiger partial charge in [-0.3, -0.25) is 0 Å². The van der Waals surface area contributed by atoms with Gasteiger partial charge in [0, 0.05) is 0 Å². The number of allylic oxidation sites excluding steroid dienone is 2. The van der Waals surface area contributed by atoms with E-state index < -0.39 is 0 Å². The Balaban J connectivity index is 0.000000956. The van der Waals surface area contributed by atoms with Crippen LogP contribution < -0.4 is 0 Å². The smallest absolute Gasteiger partial charge is 0.400 e. The molecule has 116 valence electrons. The normalized spacial score (nSPS) is 30.4. The highest BCUT2D eigenvalue weighted by molar-refractivity contribution is 6.54. The molecule has 2 rings (SSSR count). The van der Waals surface area contributed by atoms with Crippen molar-refractivity contribution in [3.05, 3.63) is 11.5 Å². The highest BCUT2D eigenvalue weighted by Crippen LogP contribution is 2.44. The second-order valence-corrected chi connectivity index (χ2v) is 7.85. The van der Waals surface area contributed by atoms with Crippen LogP contribution in [-0.2, 0) is 9.31 Å². The van der Waals surface area contributed by atoms with E-state index in [-0.39, 0.29) is 18.3 Å². The molecule has 1 aliphatic heterocycles. The van der Waals surface area contributed by atoms with Crippen LogP contribution in [0.15, 0.2) is 11.5 Å². The van der Waals surface area contributed by atoms with Crippen LogP contribution in [0.5, 0.6) is 0 Å². The van der Waals surface area contributed by atoms with E-state index in [0.29, 0.717) is 11.3 Å². The zero-order valence-electron chi connectivity index (χ0n) is 15.0. The molecular weight excluding hydrogens is 247 g/mol. The first kappa shape index (κ1) is 17.8. The van der Waals surface area contributed by atoms with Crippen molar-refractivity contribution in [3.63, 3.8) is 0 Å². The molecule has 2 aliphatic rings. The van der Waals surface area contributed by atoms with Crippen molar-refractivity contribution < 1.29 is 9.31 Å². The van der Waals surface area contributed by atoms with Crippen molar-refractivity contribution in [2.24, 2.45) is 11.3 Å². The van der Waals surface area contributed by atoms with Gasteiger partial charge in [-0.2, -0.15) is 0 Å². The summed E-state index contributed by atoms with van der Waals surface area (Å²) in [6.45, 7) is 19.4. The molecular formula is C17H33BO2. The van der Waals surface area contributed by atoms with Crippen molar-refractivity contribution in [2.45, 2.75) is 86.4 Å². The zero-order valence-corrected chi connectivity index (χ0v) is 15.0. The van der Waals surface area contributed by atoms with Crippen LogP contribution in [0, 0.1) is 11.3 Å². The molecule has 0 bridgehead atoms. The van der Waals surface area contributed by atoms with Crippen LogP contribution in [0.3, 0.4) is 0 Å².